The molecule has 1 aliphatic carbocycles. The van der Waals surface area contributed by atoms with E-state index in [9.17, 15) is 0 Å². The summed E-state index contributed by atoms with van der Waals surface area (Å²) in [6.45, 7) is 9.50. The zero-order chi connectivity index (χ0) is 9.64. The van der Waals surface area contributed by atoms with Crippen LogP contribution in [0.25, 0.3) is 0 Å². The van der Waals surface area contributed by atoms with E-state index < -0.39 is 0 Å². The molecule has 2 nitrogen and oxygen atoms in total. The van der Waals surface area contributed by atoms with Gasteiger partial charge >= 0.3 is 0 Å². The molecule has 1 aliphatic heterocycles. The Bertz CT molecular complexity index is 186. The molecule has 1 saturated carbocycles. The zero-order valence-corrected chi connectivity index (χ0v) is 9.09. The smallest absolute Gasteiger partial charge is 0.0176 e. The van der Waals surface area contributed by atoms with Gasteiger partial charge in [0, 0.05) is 24.7 Å². The van der Waals surface area contributed by atoms with E-state index in [1.165, 1.54) is 25.9 Å². The van der Waals surface area contributed by atoms with Gasteiger partial charge < -0.3 is 5.73 Å². The summed E-state index contributed by atoms with van der Waals surface area (Å²) in [5, 5.41) is 0. The SMILES string of the molecule is CCC(C)(CC)N1CC2C(N)C2C1. The van der Waals surface area contributed by atoms with Gasteiger partial charge in [0.25, 0.3) is 0 Å². The first-order valence-electron chi connectivity index (χ1n) is 5.63. The molecular formula is C11H22N2. The van der Waals surface area contributed by atoms with Crippen LogP contribution in [0.5, 0.6) is 0 Å². The van der Waals surface area contributed by atoms with Crippen LogP contribution in [-0.2, 0) is 0 Å². The molecule has 0 amide bonds. The molecule has 2 fully saturated rings. The third kappa shape index (κ3) is 1.31. The second kappa shape index (κ2) is 2.96. The van der Waals surface area contributed by atoms with Crippen LogP contribution >= 0.6 is 0 Å². The quantitative estimate of drug-likeness (QED) is 0.716. The molecule has 0 radical (unpaired) electrons. The first kappa shape index (κ1) is 9.47. The Hall–Kier alpha value is -0.0800. The van der Waals surface area contributed by atoms with E-state index in [-0.39, 0.29) is 0 Å². The highest BCUT2D eigenvalue weighted by molar-refractivity contribution is 5.10. The molecule has 0 aromatic carbocycles. The Kier molecular flexibility index (Phi) is 2.16. The number of rotatable bonds is 3. The average Bonchev–Trinajstić information content (AvgIpc) is 2.63. The van der Waals surface area contributed by atoms with Crippen LogP contribution in [0.4, 0.5) is 0 Å². The minimum atomic E-state index is 0.438. The number of nitrogens with zero attached hydrogens (tertiary/aromatic N) is 1. The third-order valence-corrected chi connectivity index (χ3v) is 4.55. The van der Waals surface area contributed by atoms with Gasteiger partial charge in [0.1, 0.15) is 0 Å². The van der Waals surface area contributed by atoms with Crippen molar-refractivity contribution in [2.45, 2.75) is 45.2 Å². The number of hydrogen-bond donors (Lipinski definition) is 1. The Labute approximate surface area is 81.5 Å². The van der Waals surface area contributed by atoms with Gasteiger partial charge in [-0.05, 0) is 31.6 Å². The first-order valence-corrected chi connectivity index (χ1v) is 5.63. The highest BCUT2D eigenvalue weighted by atomic mass is 15.2. The monoisotopic (exact) mass is 182 g/mol. The molecular weight excluding hydrogens is 160 g/mol. The summed E-state index contributed by atoms with van der Waals surface area (Å²) in [6.07, 6.45) is 2.52. The van der Waals surface area contributed by atoms with Crippen LogP contribution in [0.1, 0.15) is 33.6 Å². The molecule has 2 atom stereocenters. The Balaban J connectivity index is 1.96. The number of fused-ring (bicyclic) bond motifs is 1. The van der Waals surface area contributed by atoms with Crippen molar-refractivity contribution >= 4 is 0 Å². The molecule has 1 saturated heterocycles. The highest BCUT2D eigenvalue weighted by Gasteiger charge is 2.55. The lowest BCUT2D eigenvalue weighted by molar-refractivity contribution is 0.108. The van der Waals surface area contributed by atoms with Crippen LogP contribution in [-0.4, -0.2) is 29.6 Å². The summed E-state index contributed by atoms with van der Waals surface area (Å²) in [7, 11) is 0. The van der Waals surface area contributed by atoms with E-state index in [4.69, 9.17) is 5.73 Å². The summed E-state index contributed by atoms with van der Waals surface area (Å²) >= 11 is 0. The van der Waals surface area contributed by atoms with E-state index in [0.717, 1.165) is 11.8 Å². The van der Waals surface area contributed by atoms with Crippen LogP contribution in [0, 0.1) is 11.8 Å². The minimum Gasteiger partial charge on any atom is -0.327 e. The summed E-state index contributed by atoms with van der Waals surface area (Å²) in [5.41, 5.74) is 6.37. The lowest BCUT2D eigenvalue weighted by atomic mass is 9.93. The Morgan fingerprint density at radius 3 is 2.08 bits per heavy atom. The molecule has 2 N–H and O–H groups in total. The fourth-order valence-electron chi connectivity index (χ4n) is 2.71. The van der Waals surface area contributed by atoms with Crippen molar-refractivity contribution in [1.82, 2.24) is 4.90 Å². The summed E-state index contributed by atoms with van der Waals surface area (Å²) in [4.78, 5) is 2.66. The van der Waals surface area contributed by atoms with Crippen molar-refractivity contribution in [3.05, 3.63) is 0 Å². The zero-order valence-electron chi connectivity index (χ0n) is 9.09. The van der Waals surface area contributed by atoms with Crippen molar-refractivity contribution in [3.63, 3.8) is 0 Å². The first-order chi connectivity index (χ1) is 6.12. The van der Waals surface area contributed by atoms with Crippen molar-refractivity contribution in [2.75, 3.05) is 13.1 Å². The maximum absolute atomic E-state index is 5.93. The molecule has 0 aromatic heterocycles. The standard InChI is InChI=1S/C11H22N2/c1-4-11(3,5-2)13-6-8-9(7-13)10(8)12/h8-10H,4-7,12H2,1-3H3. The summed E-state index contributed by atoms with van der Waals surface area (Å²) in [6, 6.07) is 0.536. The highest BCUT2D eigenvalue weighted by Crippen LogP contribution is 2.46. The fraction of sp³-hybridized carbons (Fsp3) is 1.00. The van der Waals surface area contributed by atoms with E-state index in [2.05, 4.69) is 25.7 Å². The van der Waals surface area contributed by atoms with Crippen LogP contribution in [0.15, 0.2) is 0 Å². The number of nitrogens with two attached hydrogens (primary N) is 1. The van der Waals surface area contributed by atoms with Crippen molar-refractivity contribution in [1.29, 1.82) is 0 Å². The van der Waals surface area contributed by atoms with Crippen molar-refractivity contribution < 1.29 is 0 Å². The van der Waals surface area contributed by atoms with E-state index >= 15 is 0 Å². The van der Waals surface area contributed by atoms with Crippen molar-refractivity contribution in [3.8, 4) is 0 Å². The number of piperidine rings is 1. The van der Waals surface area contributed by atoms with E-state index in [1.54, 1.807) is 0 Å². The summed E-state index contributed by atoms with van der Waals surface area (Å²) < 4.78 is 0. The minimum absolute atomic E-state index is 0.438. The van der Waals surface area contributed by atoms with Crippen LogP contribution in [0.2, 0.25) is 0 Å². The van der Waals surface area contributed by atoms with Gasteiger partial charge in [0.2, 0.25) is 0 Å². The van der Waals surface area contributed by atoms with Crippen molar-refractivity contribution in [2.24, 2.45) is 17.6 Å². The number of hydrogen-bond acceptors (Lipinski definition) is 2. The second-order valence-corrected chi connectivity index (χ2v) is 5.01. The number of likely N-dealkylation sites (tertiary alicyclic amines) is 1. The Morgan fingerprint density at radius 1 is 1.23 bits per heavy atom. The molecule has 1 heterocycles. The Morgan fingerprint density at radius 2 is 1.69 bits per heavy atom. The summed E-state index contributed by atoms with van der Waals surface area (Å²) in [5.74, 6) is 1.66. The lowest BCUT2D eigenvalue weighted by Gasteiger charge is -2.39. The third-order valence-electron chi connectivity index (χ3n) is 4.55. The van der Waals surface area contributed by atoms with Gasteiger partial charge in [0.15, 0.2) is 0 Å². The molecule has 2 rings (SSSR count). The second-order valence-electron chi connectivity index (χ2n) is 5.01. The van der Waals surface area contributed by atoms with Gasteiger partial charge in [-0.3, -0.25) is 4.90 Å². The molecule has 2 aliphatic rings. The lowest BCUT2D eigenvalue weighted by Crippen LogP contribution is -2.46. The topological polar surface area (TPSA) is 29.3 Å². The van der Waals surface area contributed by atoms with Gasteiger partial charge in [-0.25, -0.2) is 0 Å². The van der Waals surface area contributed by atoms with Gasteiger partial charge in [-0.1, -0.05) is 13.8 Å². The molecule has 13 heavy (non-hydrogen) atoms. The molecule has 76 valence electrons. The molecule has 0 bridgehead atoms. The maximum atomic E-state index is 5.93. The predicted octanol–water partition coefficient (Wildman–Crippen LogP) is 1.45. The molecule has 0 spiro atoms. The normalized spacial score (nSPS) is 39.2. The fourth-order valence-corrected chi connectivity index (χ4v) is 2.71. The molecule has 2 heteroatoms. The average molecular weight is 182 g/mol. The van der Waals surface area contributed by atoms with Gasteiger partial charge in [-0.15, -0.1) is 0 Å². The molecule has 2 unspecified atom stereocenters. The van der Waals surface area contributed by atoms with E-state index in [1.807, 2.05) is 0 Å². The van der Waals surface area contributed by atoms with Gasteiger partial charge in [0.05, 0.1) is 0 Å². The van der Waals surface area contributed by atoms with Crippen LogP contribution in [0.3, 0.4) is 0 Å². The van der Waals surface area contributed by atoms with Gasteiger partial charge in [-0.2, -0.15) is 0 Å². The van der Waals surface area contributed by atoms with Crippen LogP contribution < -0.4 is 5.73 Å². The molecule has 0 aromatic rings. The maximum Gasteiger partial charge on any atom is 0.0176 e. The van der Waals surface area contributed by atoms with E-state index in [0.29, 0.717) is 11.6 Å². The predicted molar refractivity (Wildman–Crippen MR) is 55.5 cm³/mol. The largest absolute Gasteiger partial charge is 0.327 e.